The first-order chi connectivity index (χ1) is 24.7. The molecule has 9 rings (SSSR count). The van der Waals surface area contributed by atoms with Crippen LogP contribution in [0.25, 0.3) is 86.9 Å². The first-order valence-corrected chi connectivity index (χ1v) is 16.2. The third-order valence-electron chi connectivity index (χ3n) is 9.61. The molecule has 7 aromatic carbocycles. The van der Waals surface area contributed by atoms with E-state index in [9.17, 15) is 5.26 Å². The van der Waals surface area contributed by atoms with E-state index >= 15 is 0 Å². The highest BCUT2D eigenvalue weighted by Gasteiger charge is 2.22. The van der Waals surface area contributed by atoms with Crippen LogP contribution in [-0.4, -0.2) is 9.13 Å². The molecule has 0 aliphatic carbocycles. The predicted molar refractivity (Wildman–Crippen MR) is 203 cm³/mol. The van der Waals surface area contributed by atoms with Crippen molar-refractivity contribution in [3.8, 4) is 39.7 Å². The summed E-state index contributed by atoms with van der Waals surface area (Å²) < 4.78 is 4.42. The zero-order valence-electron chi connectivity index (χ0n) is 26.7. The molecule has 0 saturated carbocycles. The average Bonchev–Trinajstić information content (AvgIpc) is 3.69. The van der Waals surface area contributed by atoms with Crippen molar-refractivity contribution in [1.29, 1.82) is 5.26 Å². The Labute approximate surface area is 288 Å². The van der Waals surface area contributed by atoms with Crippen molar-refractivity contribution in [2.45, 2.75) is 0 Å². The summed E-state index contributed by atoms with van der Waals surface area (Å²) >= 11 is 0. The lowest BCUT2D eigenvalue weighted by atomic mass is 9.92. The zero-order valence-corrected chi connectivity index (χ0v) is 26.7. The molecular formula is C45H25N5. The van der Waals surface area contributed by atoms with Gasteiger partial charge in [-0.1, -0.05) is 103 Å². The number of nitrogens with zero attached hydrogens (tertiary/aromatic N) is 5. The van der Waals surface area contributed by atoms with Gasteiger partial charge in [0.1, 0.15) is 0 Å². The smallest absolute Gasteiger partial charge is 0.211 e. The minimum atomic E-state index is 0.536. The molecule has 2 heterocycles. The van der Waals surface area contributed by atoms with Gasteiger partial charge in [0.15, 0.2) is 5.69 Å². The number of rotatable bonds is 4. The quantitative estimate of drug-likeness (QED) is 0.177. The number of benzene rings is 7. The van der Waals surface area contributed by atoms with Gasteiger partial charge < -0.3 is 9.13 Å². The Morgan fingerprint density at radius 1 is 0.440 bits per heavy atom. The maximum atomic E-state index is 9.65. The maximum Gasteiger partial charge on any atom is 0.211 e. The van der Waals surface area contributed by atoms with E-state index in [0.29, 0.717) is 16.9 Å². The Balaban J connectivity index is 1.32. The molecule has 0 bridgehead atoms. The molecule has 2 aromatic heterocycles. The average molecular weight is 636 g/mol. The van der Waals surface area contributed by atoms with Gasteiger partial charge in [0.25, 0.3) is 0 Å². The van der Waals surface area contributed by atoms with E-state index in [4.69, 9.17) is 13.1 Å². The molecule has 0 radical (unpaired) electrons. The van der Waals surface area contributed by atoms with Crippen LogP contribution >= 0.6 is 0 Å². The lowest BCUT2D eigenvalue weighted by molar-refractivity contribution is 1.18. The fourth-order valence-corrected chi connectivity index (χ4v) is 7.49. The van der Waals surface area contributed by atoms with Gasteiger partial charge in [-0.15, -0.1) is 0 Å². The van der Waals surface area contributed by atoms with Crippen LogP contribution < -0.4 is 0 Å². The third-order valence-corrected chi connectivity index (χ3v) is 9.61. The molecule has 5 heteroatoms. The van der Waals surface area contributed by atoms with Gasteiger partial charge >= 0.3 is 0 Å². The second kappa shape index (κ2) is 11.4. The van der Waals surface area contributed by atoms with E-state index in [-0.39, 0.29) is 0 Å². The molecule has 0 aliphatic rings. The SMILES string of the molecule is [C-]#[N+]c1ccc(-n2c3ccccc3c3cc(C#N)ccc32)cc1-c1ccccc1-c1cccc([N+]#[C-])c1-n1c2ccccc2c2ccccc21. The van der Waals surface area contributed by atoms with Crippen molar-refractivity contribution in [2.24, 2.45) is 0 Å². The van der Waals surface area contributed by atoms with Crippen molar-refractivity contribution in [3.05, 3.63) is 180 Å². The van der Waals surface area contributed by atoms with E-state index < -0.39 is 0 Å². The largest absolute Gasteiger partial charge is 0.318 e. The van der Waals surface area contributed by atoms with Crippen molar-refractivity contribution in [3.63, 3.8) is 0 Å². The number of para-hydroxylation sites is 4. The first kappa shape index (κ1) is 28.8. The molecule has 230 valence electrons. The lowest BCUT2D eigenvalue weighted by Crippen LogP contribution is -1.99. The summed E-state index contributed by atoms with van der Waals surface area (Å²) in [6.07, 6.45) is 0. The maximum absolute atomic E-state index is 9.65. The zero-order chi connectivity index (χ0) is 33.8. The second-order valence-corrected chi connectivity index (χ2v) is 12.2. The van der Waals surface area contributed by atoms with Crippen molar-refractivity contribution < 1.29 is 0 Å². The van der Waals surface area contributed by atoms with Crippen molar-refractivity contribution in [2.75, 3.05) is 0 Å². The van der Waals surface area contributed by atoms with E-state index in [2.05, 4.69) is 97.7 Å². The van der Waals surface area contributed by atoms with Gasteiger partial charge in [0, 0.05) is 27.2 Å². The number of hydrogen-bond acceptors (Lipinski definition) is 1. The van der Waals surface area contributed by atoms with Gasteiger partial charge in [-0.25, -0.2) is 9.69 Å². The Morgan fingerprint density at radius 2 is 0.980 bits per heavy atom. The summed E-state index contributed by atoms with van der Waals surface area (Å²) in [4.78, 5) is 8.03. The van der Waals surface area contributed by atoms with Gasteiger partial charge in [0.2, 0.25) is 5.69 Å². The molecule has 0 spiro atoms. The van der Waals surface area contributed by atoms with Gasteiger partial charge in [-0.05, 0) is 70.8 Å². The van der Waals surface area contributed by atoms with E-state index in [1.807, 2.05) is 78.9 Å². The van der Waals surface area contributed by atoms with Crippen LogP contribution in [0, 0.1) is 24.5 Å². The van der Waals surface area contributed by atoms with Crippen LogP contribution in [0.1, 0.15) is 5.56 Å². The molecule has 0 aliphatic heterocycles. The Morgan fingerprint density at radius 3 is 1.62 bits per heavy atom. The Bertz CT molecular complexity index is 2920. The molecular weight excluding hydrogens is 611 g/mol. The molecule has 0 atom stereocenters. The van der Waals surface area contributed by atoms with Gasteiger partial charge in [-0.3, -0.25) is 0 Å². The molecule has 0 N–H and O–H groups in total. The molecule has 0 unspecified atom stereocenters. The third kappa shape index (κ3) is 4.24. The highest BCUT2D eigenvalue weighted by Crippen LogP contribution is 2.45. The fourth-order valence-electron chi connectivity index (χ4n) is 7.49. The topological polar surface area (TPSA) is 42.4 Å². The summed E-state index contributed by atoms with van der Waals surface area (Å²) in [5.41, 5.74) is 11.0. The van der Waals surface area contributed by atoms with Gasteiger partial charge in [-0.2, -0.15) is 5.26 Å². The number of fused-ring (bicyclic) bond motifs is 6. The molecule has 0 saturated heterocycles. The molecule has 50 heavy (non-hydrogen) atoms. The Kier molecular flexibility index (Phi) is 6.56. The molecule has 0 amide bonds. The summed E-state index contributed by atoms with van der Waals surface area (Å²) in [5, 5.41) is 14.0. The van der Waals surface area contributed by atoms with Crippen molar-refractivity contribution in [1.82, 2.24) is 9.13 Å². The van der Waals surface area contributed by atoms with Crippen LogP contribution in [0.3, 0.4) is 0 Å². The van der Waals surface area contributed by atoms with Crippen LogP contribution in [0.15, 0.2) is 152 Å². The normalized spacial score (nSPS) is 11.1. The number of aromatic nitrogens is 2. The number of hydrogen-bond donors (Lipinski definition) is 0. The van der Waals surface area contributed by atoms with Crippen LogP contribution in [0.4, 0.5) is 11.4 Å². The summed E-state index contributed by atoms with van der Waals surface area (Å²) in [7, 11) is 0. The minimum absolute atomic E-state index is 0.536. The molecule has 0 fully saturated rings. The summed E-state index contributed by atoms with van der Waals surface area (Å²) in [5.74, 6) is 0. The van der Waals surface area contributed by atoms with E-state index in [1.165, 1.54) is 0 Å². The second-order valence-electron chi connectivity index (χ2n) is 12.2. The van der Waals surface area contributed by atoms with Crippen molar-refractivity contribution >= 4 is 55.0 Å². The highest BCUT2D eigenvalue weighted by molar-refractivity contribution is 6.11. The summed E-state index contributed by atoms with van der Waals surface area (Å²) in [6, 6.07) is 53.0. The standard InChI is InChI=1S/C45H25N5/c1-47-39-24-23-30(49-41-19-8-7-16-35(41)38-26-29(28-46)22-25-44(38)49)27-37(39)32-13-4-3-12-31(32)36-17-11-18-40(48-2)45(36)50-42-20-9-5-14-33(42)34-15-6-10-21-43(34)50/h3-27H. The fraction of sp³-hybridized carbons (Fsp3) is 0. The van der Waals surface area contributed by atoms with E-state index in [1.54, 1.807) is 0 Å². The predicted octanol–water partition coefficient (Wildman–Crippen LogP) is 12.2. The Hall–Kier alpha value is -7.39. The minimum Gasteiger partial charge on any atom is -0.318 e. The molecule has 5 nitrogen and oxygen atoms in total. The van der Waals surface area contributed by atoms with Crippen LogP contribution in [0.2, 0.25) is 0 Å². The molecule has 9 aromatic rings. The monoisotopic (exact) mass is 635 g/mol. The lowest BCUT2D eigenvalue weighted by Gasteiger charge is -2.19. The summed E-state index contributed by atoms with van der Waals surface area (Å²) in [6.45, 7) is 16.5. The van der Waals surface area contributed by atoms with Crippen LogP contribution in [0.5, 0.6) is 0 Å². The van der Waals surface area contributed by atoms with E-state index in [0.717, 1.165) is 77.2 Å². The number of nitriles is 1. The highest BCUT2D eigenvalue weighted by atomic mass is 15.0. The first-order valence-electron chi connectivity index (χ1n) is 16.2. The van der Waals surface area contributed by atoms with Gasteiger partial charge in [0.05, 0.1) is 52.5 Å². The van der Waals surface area contributed by atoms with Crippen LogP contribution in [-0.2, 0) is 0 Å².